The summed E-state index contributed by atoms with van der Waals surface area (Å²) in [7, 11) is 0. The van der Waals surface area contributed by atoms with E-state index in [2.05, 4.69) is 4.90 Å². The highest BCUT2D eigenvalue weighted by atomic mass is 35.5. The molecule has 2 aliphatic heterocycles. The topological polar surface area (TPSA) is 65.5 Å². The van der Waals surface area contributed by atoms with Crippen LogP contribution in [-0.2, 0) is 14.3 Å². The van der Waals surface area contributed by atoms with E-state index in [1.165, 1.54) is 0 Å². The third-order valence-electron chi connectivity index (χ3n) is 6.39. The van der Waals surface area contributed by atoms with Crippen molar-refractivity contribution in [3.63, 3.8) is 0 Å². The maximum absolute atomic E-state index is 13.7. The SMILES string of the molecule is CC(C)(C)CC(=O)N(CCN1CCOCC1)CC(=O)N1N=C(c2cccs2)C[C@H]1c1ccccc1Cl. The molecule has 0 bridgehead atoms. The Kier molecular flexibility index (Phi) is 8.83. The number of benzene rings is 1. The molecule has 1 aromatic heterocycles. The fraction of sp³-hybridized carbons (Fsp3) is 0.519. The molecule has 0 saturated carbocycles. The Bertz CT molecular complexity index is 1080. The zero-order chi connectivity index (χ0) is 25.7. The van der Waals surface area contributed by atoms with Gasteiger partial charge < -0.3 is 9.64 Å². The van der Waals surface area contributed by atoms with Crippen LogP contribution >= 0.6 is 22.9 Å². The zero-order valence-corrected chi connectivity index (χ0v) is 22.9. The lowest BCUT2D eigenvalue weighted by Gasteiger charge is -2.32. The van der Waals surface area contributed by atoms with Gasteiger partial charge in [0.2, 0.25) is 5.91 Å². The van der Waals surface area contributed by atoms with Crippen LogP contribution < -0.4 is 0 Å². The van der Waals surface area contributed by atoms with Gasteiger partial charge in [-0.25, -0.2) is 5.01 Å². The number of hydrazone groups is 1. The average Bonchev–Trinajstić information content (AvgIpc) is 3.52. The first-order valence-corrected chi connectivity index (χ1v) is 13.7. The molecule has 0 unspecified atom stereocenters. The summed E-state index contributed by atoms with van der Waals surface area (Å²) in [6, 6.07) is 11.3. The van der Waals surface area contributed by atoms with Crippen molar-refractivity contribution in [1.29, 1.82) is 0 Å². The fourth-order valence-corrected chi connectivity index (χ4v) is 5.48. The summed E-state index contributed by atoms with van der Waals surface area (Å²) in [4.78, 5) is 32.0. The summed E-state index contributed by atoms with van der Waals surface area (Å²) in [5, 5.41) is 8.91. The summed E-state index contributed by atoms with van der Waals surface area (Å²) in [6.07, 6.45) is 0.959. The smallest absolute Gasteiger partial charge is 0.262 e. The van der Waals surface area contributed by atoms with Gasteiger partial charge in [-0.2, -0.15) is 5.10 Å². The summed E-state index contributed by atoms with van der Waals surface area (Å²) >= 11 is 8.15. The molecule has 2 aliphatic rings. The number of thiophene rings is 1. The van der Waals surface area contributed by atoms with E-state index in [1.807, 2.05) is 62.5 Å². The van der Waals surface area contributed by atoms with Crippen LogP contribution in [0.4, 0.5) is 0 Å². The van der Waals surface area contributed by atoms with E-state index in [-0.39, 0.29) is 29.8 Å². The second-order valence-electron chi connectivity index (χ2n) is 10.5. The van der Waals surface area contributed by atoms with Crippen LogP contribution in [0.3, 0.4) is 0 Å². The van der Waals surface area contributed by atoms with Crippen LogP contribution in [0.5, 0.6) is 0 Å². The van der Waals surface area contributed by atoms with E-state index in [1.54, 1.807) is 21.2 Å². The van der Waals surface area contributed by atoms with Gasteiger partial charge >= 0.3 is 0 Å². The Morgan fingerprint density at radius 2 is 1.92 bits per heavy atom. The monoisotopic (exact) mass is 530 g/mol. The van der Waals surface area contributed by atoms with Crippen LogP contribution in [0.2, 0.25) is 5.02 Å². The van der Waals surface area contributed by atoms with Gasteiger partial charge in [0.1, 0.15) is 6.54 Å². The number of halogens is 1. The fourth-order valence-electron chi connectivity index (χ4n) is 4.50. The van der Waals surface area contributed by atoms with E-state index in [9.17, 15) is 9.59 Å². The highest BCUT2D eigenvalue weighted by molar-refractivity contribution is 7.12. The number of rotatable bonds is 8. The van der Waals surface area contributed by atoms with Gasteiger partial charge in [0, 0.05) is 44.0 Å². The molecule has 7 nitrogen and oxygen atoms in total. The number of morpholine rings is 1. The van der Waals surface area contributed by atoms with E-state index in [4.69, 9.17) is 21.4 Å². The van der Waals surface area contributed by atoms with Gasteiger partial charge in [-0.3, -0.25) is 14.5 Å². The van der Waals surface area contributed by atoms with Gasteiger partial charge in [0.05, 0.1) is 29.8 Å². The van der Waals surface area contributed by atoms with Gasteiger partial charge in [-0.1, -0.05) is 56.6 Å². The number of ether oxygens (including phenoxy) is 1. The van der Waals surface area contributed by atoms with Crippen LogP contribution in [0, 0.1) is 5.41 Å². The van der Waals surface area contributed by atoms with Gasteiger partial charge in [-0.15, -0.1) is 11.3 Å². The third-order valence-corrected chi connectivity index (χ3v) is 7.65. The molecule has 1 saturated heterocycles. The van der Waals surface area contributed by atoms with Crippen molar-refractivity contribution < 1.29 is 14.3 Å². The Balaban J connectivity index is 1.55. The number of carbonyl (C=O) groups excluding carboxylic acids is 2. The molecule has 2 aromatic rings. The lowest BCUT2D eigenvalue weighted by molar-refractivity contribution is -0.142. The second kappa shape index (κ2) is 11.9. The Morgan fingerprint density at radius 3 is 2.58 bits per heavy atom. The number of hydrogen-bond acceptors (Lipinski definition) is 6. The molecule has 0 radical (unpaired) electrons. The van der Waals surface area contributed by atoms with Crippen molar-refractivity contribution in [3.05, 3.63) is 57.2 Å². The first-order valence-electron chi connectivity index (χ1n) is 12.5. The predicted molar refractivity (Wildman–Crippen MR) is 144 cm³/mol. The highest BCUT2D eigenvalue weighted by Gasteiger charge is 2.36. The minimum atomic E-state index is -0.304. The van der Waals surface area contributed by atoms with Gasteiger partial charge in [-0.05, 0) is 28.5 Å². The molecule has 1 aromatic carbocycles. The second-order valence-corrected chi connectivity index (χ2v) is 11.9. The average molecular weight is 531 g/mol. The molecular weight excluding hydrogens is 496 g/mol. The summed E-state index contributed by atoms with van der Waals surface area (Å²) in [5.74, 6) is -0.212. The molecule has 194 valence electrons. The maximum atomic E-state index is 13.7. The van der Waals surface area contributed by atoms with Gasteiger partial charge in [0.15, 0.2) is 0 Å². The Labute approximate surface area is 222 Å². The molecule has 9 heteroatoms. The molecule has 4 rings (SSSR count). The third kappa shape index (κ3) is 6.94. The van der Waals surface area contributed by atoms with Crippen molar-refractivity contribution in [2.45, 2.75) is 39.7 Å². The quantitative estimate of drug-likeness (QED) is 0.497. The van der Waals surface area contributed by atoms with E-state index < -0.39 is 0 Å². The summed E-state index contributed by atoms with van der Waals surface area (Å²) in [6.45, 7) is 10.4. The maximum Gasteiger partial charge on any atom is 0.262 e. The van der Waals surface area contributed by atoms with Crippen molar-refractivity contribution in [2.24, 2.45) is 10.5 Å². The first kappa shape index (κ1) is 26.8. The molecule has 3 heterocycles. The summed E-state index contributed by atoms with van der Waals surface area (Å²) < 4.78 is 5.45. The van der Waals surface area contributed by atoms with Crippen molar-refractivity contribution >= 4 is 40.5 Å². The number of hydrogen-bond donors (Lipinski definition) is 0. The lowest BCUT2D eigenvalue weighted by Crippen LogP contribution is -2.47. The minimum absolute atomic E-state index is 0.0125. The van der Waals surface area contributed by atoms with Crippen molar-refractivity contribution in [1.82, 2.24) is 14.8 Å². The standard InChI is InChI=1S/C27H35ClN4O3S/c1-27(2,3)18-25(33)31(11-10-30-12-14-35-15-13-30)19-26(34)32-23(20-7-4-5-8-21(20)28)17-22(29-32)24-9-6-16-36-24/h4-9,16,23H,10-15,17-19H2,1-3H3/t23-/m0/s1. The minimum Gasteiger partial charge on any atom is -0.379 e. The van der Waals surface area contributed by atoms with E-state index in [0.717, 1.165) is 29.2 Å². The molecular formula is C27H35ClN4O3S. The van der Waals surface area contributed by atoms with Gasteiger partial charge in [0.25, 0.3) is 5.91 Å². The molecule has 36 heavy (non-hydrogen) atoms. The number of nitrogens with zero attached hydrogens (tertiary/aromatic N) is 4. The molecule has 0 aliphatic carbocycles. The zero-order valence-electron chi connectivity index (χ0n) is 21.3. The number of carbonyl (C=O) groups is 2. The molecule has 2 amide bonds. The molecule has 0 spiro atoms. The van der Waals surface area contributed by atoms with Crippen molar-refractivity contribution in [3.8, 4) is 0 Å². The number of amides is 2. The highest BCUT2D eigenvalue weighted by Crippen LogP contribution is 2.37. The van der Waals surface area contributed by atoms with Crippen LogP contribution in [0.15, 0.2) is 46.9 Å². The molecule has 1 fully saturated rings. The first-order chi connectivity index (χ1) is 17.2. The molecule has 0 N–H and O–H groups in total. The normalized spacial score (nSPS) is 18.8. The Hall–Kier alpha value is -2.26. The lowest BCUT2D eigenvalue weighted by atomic mass is 9.91. The van der Waals surface area contributed by atoms with E-state index >= 15 is 0 Å². The molecule has 1 atom stereocenters. The van der Waals surface area contributed by atoms with E-state index in [0.29, 0.717) is 44.2 Å². The Morgan fingerprint density at radius 1 is 1.17 bits per heavy atom. The van der Waals surface area contributed by atoms with Crippen LogP contribution in [0.1, 0.15) is 50.1 Å². The van der Waals surface area contributed by atoms with Crippen LogP contribution in [0.25, 0.3) is 0 Å². The predicted octanol–water partition coefficient (Wildman–Crippen LogP) is 4.68. The largest absolute Gasteiger partial charge is 0.379 e. The van der Waals surface area contributed by atoms with Crippen molar-refractivity contribution in [2.75, 3.05) is 45.9 Å². The summed E-state index contributed by atoms with van der Waals surface area (Å²) in [5.41, 5.74) is 1.56. The van der Waals surface area contributed by atoms with Crippen LogP contribution in [-0.4, -0.2) is 78.3 Å².